The zero-order valence-electron chi connectivity index (χ0n) is 12.1. The number of aliphatic hydroxyl groups is 1. The fourth-order valence-electron chi connectivity index (χ4n) is 2.49. The molecule has 0 unspecified atom stereocenters. The van der Waals surface area contributed by atoms with E-state index in [0.717, 1.165) is 32.1 Å². The molecule has 0 saturated carbocycles. The summed E-state index contributed by atoms with van der Waals surface area (Å²) in [7, 11) is 1.40. The van der Waals surface area contributed by atoms with Crippen LogP contribution >= 0.6 is 0 Å². The number of carbonyl (C=O) groups is 2. The van der Waals surface area contributed by atoms with Crippen molar-refractivity contribution in [1.29, 1.82) is 0 Å². The van der Waals surface area contributed by atoms with Crippen molar-refractivity contribution in [3.8, 4) is 0 Å². The second-order valence-electron chi connectivity index (χ2n) is 5.09. The van der Waals surface area contributed by atoms with Gasteiger partial charge in [-0.3, -0.25) is 9.59 Å². The Morgan fingerprint density at radius 2 is 2.10 bits per heavy atom. The molecule has 1 N–H and O–H groups in total. The highest BCUT2D eigenvalue weighted by Gasteiger charge is 2.27. The number of carbonyl (C=O) groups excluding carboxylic acids is 2. The maximum atomic E-state index is 11.8. The number of hydrogen-bond acceptors (Lipinski definition) is 4. The molecule has 0 saturated heterocycles. The minimum absolute atomic E-state index is 0.0127. The molecular weight excluding hydrogens is 256 g/mol. The first kappa shape index (κ1) is 16.6. The molecule has 0 aromatic carbocycles. The van der Waals surface area contributed by atoms with Crippen LogP contribution in [0.2, 0.25) is 0 Å². The van der Waals surface area contributed by atoms with Gasteiger partial charge in [0, 0.05) is 18.3 Å². The van der Waals surface area contributed by atoms with E-state index in [0.29, 0.717) is 6.42 Å². The number of esters is 1. The zero-order chi connectivity index (χ0) is 14.8. The number of aliphatic hydroxyl groups excluding tert-OH is 1. The lowest BCUT2D eigenvalue weighted by molar-refractivity contribution is -0.140. The Balaban J connectivity index is 2.18. The molecule has 0 radical (unpaired) electrons. The predicted octanol–water partition coefficient (Wildman–Crippen LogP) is 2.42. The summed E-state index contributed by atoms with van der Waals surface area (Å²) in [6.45, 7) is 0.0127. The van der Waals surface area contributed by atoms with Crippen molar-refractivity contribution < 1.29 is 19.4 Å². The van der Waals surface area contributed by atoms with E-state index in [1.807, 2.05) is 12.2 Å². The molecule has 1 aliphatic rings. The van der Waals surface area contributed by atoms with E-state index < -0.39 is 0 Å². The molecule has 1 rings (SSSR count). The van der Waals surface area contributed by atoms with E-state index in [2.05, 4.69) is 4.74 Å². The number of hydrogen-bond donors (Lipinski definition) is 1. The first-order chi connectivity index (χ1) is 9.69. The minimum atomic E-state index is -0.158. The maximum Gasteiger partial charge on any atom is 0.305 e. The summed E-state index contributed by atoms with van der Waals surface area (Å²) >= 11 is 0. The summed E-state index contributed by atoms with van der Waals surface area (Å²) in [6.07, 6.45) is 12.3. The number of methoxy groups -OCH3 is 1. The number of ketones is 1. The molecule has 4 nitrogen and oxygen atoms in total. The van der Waals surface area contributed by atoms with Gasteiger partial charge in [-0.1, -0.05) is 37.5 Å². The lowest BCUT2D eigenvalue weighted by Gasteiger charge is -2.14. The molecule has 2 atom stereocenters. The van der Waals surface area contributed by atoms with Crippen molar-refractivity contribution in [2.75, 3.05) is 13.7 Å². The number of allylic oxidation sites excluding steroid dienone is 3. The molecule has 0 aromatic rings. The number of rotatable bonds is 9. The second-order valence-corrected chi connectivity index (χ2v) is 5.09. The molecule has 0 amide bonds. The Morgan fingerprint density at radius 3 is 2.80 bits per heavy atom. The summed E-state index contributed by atoms with van der Waals surface area (Å²) in [5.41, 5.74) is 0. The normalized spacial score (nSPS) is 21.8. The molecule has 0 aromatic heterocycles. The first-order valence-corrected chi connectivity index (χ1v) is 7.25. The van der Waals surface area contributed by atoms with Gasteiger partial charge in [-0.2, -0.15) is 0 Å². The van der Waals surface area contributed by atoms with Crippen molar-refractivity contribution in [1.82, 2.24) is 0 Å². The molecule has 0 bridgehead atoms. The third-order valence-electron chi connectivity index (χ3n) is 3.65. The van der Waals surface area contributed by atoms with E-state index in [1.54, 1.807) is 12.2 Å². The van der Waals surface area contributed by atoms with Gasteiger partial charge in [0.1, 0.15) is 0 Å². The summed E-state index contributed by atoms with van der Waals surface area (Å²) in [5.74, 6) is 0.185. The topological polar surface area (TPSA) is 63.6 Å². The summed E-state index contributed by atoms with van der Waals surface area (Å²) in [5, 5.41) is 8.78. The van der Waals surface area contributed by atoms with E-state index in [1.165, 1.54) is 7.11 Å². The van der Waals surface area contributed by atoms with E-state index in [4.69, 9.17) is 5.11 Å². The van der Waals surface area contributed by atoms with Gasteiger partial charge in [-0.05, 0) is 18.9 Å². The van der Waals surface area contributed by atoms with Crippen molar-refractivity contribution in [3.63, 3.8) is 0 Å². The monoisotopic (exact) mass is 280 g/mol. The molecule has 0 aliphatic heterocycles. The lowest BCUT2D eigenvalue weighted by atomic mass is 9.89. The maximum absolute atomic E-state index is 11.8. The van der Waals surface area contributed by atoms with Gasteiger partial charge in [-0.15, -0.1) is 0 Å². The van der Waals surface area contributed by atoms with Crippen LogP contribution in [0.1, 0.15) is 38.5 Å². The third-order valence-corrected chi connectivity index (χ3v) is 3.65. The molecule has 112 valence electrons. The van der Waals surface area contributed by atoms with Gasteiger partial charge >= 0.3 is 5.97 Å². The lowest BCUT2D eigenvalue weighted by Crippen LogP contribution is -2.14. The van der Waals surface area contributed by atoms with Gasteiger partial charge < -0.3 is 9.84 Å². The van der Waals surface area contributed by atoms with Crippen molar-refractivity contribution in [2.24, 2.45) is 11.8 Å². The fourth-order valence-corrected chi connectivity index (χ4v) is 2.49. The molecule has 1 aliphatic carbocycles. The smallest absolute Gasteiger partial charge is 0.305 e. The van der Waals surface area contributed by atoms with Crippen LogP contribution < -0.4 is 0 Å². The highest BCUT2D eigenvalue weighted by molar-refractivity contribution is 5.94. The van der Waals surface area contributed by atoms with Crippen LogP contribution in [0.4, 0.5) is 0 Å². The van der Waals surface area contributed by atoms with Crippen LogP contribution in [0.15, 0.2) is 24.3 Å². The molecule has 20 heavy (non-hydrogen) atoms. The van der Waals surface area contributed by atoms with Gasteiger partial charge in [0.05, 0.1) is 13.7 Å². The van der Waals surface area contributed by atoms with Gasteiger partial charge in [0.2, 0.25) is 0 Å². The van der Waals surface area contributed by atoms with Crippen molar-refractivity contribution in [3.05, 3.63) is 24.3 Å². The molecule has 0 fully saturated rings. The SMILES string of the molecule is COC(=O)CCCCCC[C@H]1C(=O)C=C[C@@H]1/C=C/CO. The Bertz CT molecular complexity index is 371. The Morgan fingerprint density at radius 1 is 1.35 bits per heavy atom. The standard InChI is InChI=1S/C16H24O4/c1-20-16(19)9-5-3-2-4-8-14-13(7-6-12-17)10-11-15(14)18/h6-7,10-11,13-14,17H,2-5,8-9,12H2,1H3/b7-6+/t13-,14+/m0/s1. The van der Waals surface area contributed by atoms with E-state index in [-0.39, 0.29) is 30.2 Å². The van der Waals surface area contributed by atoms with Crippen LogP contribution in [0.5, 0.6) is 0 Å². The van der Waals surface area contributed by atoms with Crippen LogP contribution in [0.25, 0.3) is 0 Å². The quantitative estimate of drug-likeness (QED) is 0.400. The van der Waals surface area contributed by atoms with Crippen LogP contribution in [-0.2, 0) is 14.3 Å². The fraction of sp³-hybridized carbons (Fsp3) is 0.625. The molecule has 0 heterocycles. The van der Waals surface area contributed by atoms with Gasteiger partial charge in [0.15, 0.2) is 5.78 Å². The first-order valence-electron chi connectivity index (χ1n) is 7.25. The Kier molecular flexibility index (Phi) is 7.88. The predicted molar refractivity (Wildman–Crippen MR) is 77.1 cm³/mol. The van der Waals surface area contributed by atoms with E-state index >= 15 is 0 Å². The minimum Gasteiger partial charge on any atom is -0.469 e. The average Bonchev–Trinajstić information content (AvgIpc) is 2.80. The number of unbranched alkanes of at least 4 members (excludes halogenated alkanes) is 3. The highest BCUT2D eigenvalue weighted by Crippen LogP contribution is 2.28. The van der Waals surface area contributed by atoms with Gasteiger partial charge in [0.25, 0.3) is 0 Å². The second kappa shape index (κ2) is 9.48. The van der Waals surface area contributed by atoms with E-state index in [9.17, 15) is 9.59 Å². The van der Waals surface area contributed by atoms with Crippen molar-refractivity contribution in [2.45, 2.75) is 38.5 Å². The van der Waals surface area contributed by atoms with Crippen LogP contribution in [-0.4, -0.2) is 30.6 Å². The summed E-state index contributed by atoms with van der Waals surface area (Å²) < 4.78 is 4.58. The van der Waals surface area contributed by atoms with Gasteiger partial charge in [-0.25, -0.2) is 0 Å². The average molecular weight is 280 g/mol. The number of ether oxygens (including phenoxy) is 1. The Hall–Kier alpha value is -1.42. The van der Waals surface area contributed by atoms with Crippen LogP contribution in [0.3, 0.4) is 0 Å². The zero-order valence-corrected chi connectivity index (χ0v) is 12.1. The molecule has 0 spiro atoms. The Labute approximate surface area is 120 Å². The molecular formula is C16H24O4. The third kappa shape index (κ3) is 5.70. The summed E-state index contributed by atoms with van der Waals surface area (Å²) in [4.78, 5) is 22.7. The molecule has 4 heteroatoms. The highest BCUT2D eigenvalue weighted by atomic mass is 16.5. The summed E-state index contributed by atoms with van der Waals surface area (Å²) in [6, 6.07) is 0. The van der Waals surface area contributed by atoms with Crippen molar-refractivity contribution >= 4 is 11.8 Å². The largest absolute Gasteiger partial charge is 0.469 e. The van der Waals surface area contributed by atoms with Crippen LogP contribution in [0, 0.1) is 11.8 Å².